The summed E-state index contributed by atoms with van der Waals surface area (Å²) in [6, 6.07) is 9.93. The molecule has 0 radical (unpaired) electrons. The van der Waals surface area contributed by atoms with Gasteiger partial charge in [-0.2, -0.15) is 0 Å². The molecule has 90 valence electrons. The van der Waals surface area contributed by atoms with E-state index in [0.29, 0.717) is 6.42 Å². The van der Waals surface area contributed by atoms with Gasteiger partial charge in [-0.1, -0.05) is 25.1 Å². The van der Waals surface area contributed by atoms with E-state index in [9.17, 15) is 9.90 Å². The first-order chi connectivity index (χ1) is 8.00. The van der Waals surface area contributed by atoms with Crippen LogP contribution in [0.4, 0.5) is 0 Å². The van der Waals surface area contributed by atoms with Gasteiger partial charge in [0.05, 0.1) is 0 Å². The highest BCUT2D eigenvalue weighted by Gasteiger charge is 2.34. The molecular weight excluding hydrogens is 214 g/mol. The maximum Gasteiger partial charge on any atom is 0.329 e. The third kappa shape index (κ3) is 1.62. The zero-order valence-electron chi connectivity index (χ0n) is 10.4. The summed E-state index contributed by atoms with van der Waals surface area (Å²) in [7, 11) is 0. The molecule has 2 rings (SSSR count). The zero-order chi connectivity index (χ0) is 12.6. The lowest BCUT2D eigenvalue weighted by molar-refractivity contribution is -0.146. The molecule has 0 saturated carbocycles. The average Bonchev–Trinajstić information content (AvgIpc) is 2.64. The lowest BCUT2D eigenvalue weighted by atomic mass is 9.98. The van der Waals surface area contributed by atoms with Crippen LogP contribution in [0.15, 0.2) is 30.3 Å². The van der Waals surface area contributed by atoms with Crippen molar-refractivity contribution in [2.24, 2.45) is 0 Å². The van der Waals surface area contributed by atoms with E-state index >= 15 is 0 Å². The Balaban J connectivity index is 2.77. The monoisotopic (exact) mass is 231 g/mol. The number of carboxylic acids is 1. The summed E-state index contributed by atoms with van der Waals surface area (Å²) in [4.78, 5) is 11.5. The molecule has 0 aliphatic rings. The van der Waals surface area contributed by atoms with Crippen LogP contribution in [0.5, 0.6) is 0 Å². The highest BCUT2D eigenvalue weighted by molar-refractivity contribution is 5.85. The van der Waals surface area contributed by atoms with E-state index in [1.165, 1.54) is 0 Å². The summed E-state index contributed by atoms with van der Waals surface area (Å²) in [5.74, 6) is -0.788. The SMILES string of the molecule is CCC(C)(C(=O)O)n1c(C)cc2ccccc21. The maximum atomic E-state index is 11.5. The van der Waals surface area contributed by atoms with Gasteiger partial charge in [0.15, 0.2) is 0 Å². The molecule has 17 heavy (non-hydrogen) atoms. The number of aliphatic carboxylic acids is 1. The molecular formula is C14H17NO2. The number of hydrogen-bond acceptors (Lipinski definition) is 1. The largest absolute Gasteiger partial charge is 0.479 e. The van der Waals surface area contributed by atoms with Crippen molar-refractivity contribution in [2.75, 3.05) is 0 Å². The van der Waals surface area contributed by atoms with E-state index in [4.69, 9.17) is 0 Å². The number of hydrogen-bond donors (Lipinski definition) is 1. The van der Waals surface area contributed by atoms with Crippen LogP contribution in [0, 0.1) is 6.92 Å². The van der Waals surface area contributed by atoms with Crippen LogP contribution in [0.3, 0.4) is 0 Å². The lowest BCUT2D eigenvalue weighted by Crippen LogP contribution is -2.38. The van der Waals surface area contributed by atoms with Gasteiger partial charge in [-0.05, 0) is 37.8 Å². The standard InChI is InChI=1S/C14H17NO2/c1-4-14(3,13(16)17)15-10(2)9-11-7-5-6-8-12(11)15/h5-9H,4H2,1-3H3,(H,16,17). The molecule has 3 nitrogen and oxygen atoms in total. The summed E-state index contributed by atoms with van der Waals surface area (Å²) in [6.45, 7) is 5.63. The summed E-state index contributed by atoms with van der Waals surface area (Å²) in [5, 5.41) is 10.6. The quantitative estimate of drug-likeness (QED) is 0.881. The van der Waals surface area contributed by atoms with Crippen molar-refractivity contribution in [3.05, 3.63) is 36.0 Å². The summed E-state index contributed by atoms with van der Waals surface area (Å²) < 4.78 is 1.92. The predicted octanol–water partition coefficient (Wildman–Crippen LogP) is 3.16. The zero-order valence-corrected chi connectivity index (χ0v) is 10.4. The highest BCUT2D eigenvalue weighted by atomic mass is 16.4. The molecule has 1 atom stereocenters. The Bertz CT molecular complexity index is 571. The number of benzene rings is 1. The van der Waals surface area contributed by atoms with Crippen LogP contribution in [0.25, 0.3) is 10.9 Å². The minimum Gasteiger partial charge on any atom is -0.479 e. The molecule has 0 bridgehead atoms. The predicted molar refractivity (Wildman–Crippen MR) is 68.2 cm³/mol. The molecule has 3 heteroatoms. The number of para-hydroxylation sites is 1. The van der Waals surface area contributed by atoms with Gasteiger partial charge >= 0.3 is 5.97 Å². The second kappa shape index (κ2) is 3.91. The Hall–Kier alpha value is -1.77. The first-order valence-electron chi connectivity index (χ1n) is 5.81. The minimum absolute atomic E-state index is 0.557. The number of aryl methyl sites for hydroxylation is 1. The fourth-order valence-corrected chi connectivity index (χ4v) is 2.35. The van der Waals surface area contributed by atoms with E-state index in [2.05, 4.69) is 0 Å². The molecule has 0 amide bonds. The van der Waals surface area contributed by atoms with Crippen LogP contribution >= 0.6 is 0 Å². The fraction of sp³-hybridized carbons (Fsp3) is 0.357. The molecule has 0 saturated heterocycles. The normalized spacial score (nSPS) is 14.8. The molecule has 0 spiro atoms. The van der Waals surface area contributed by atoms with Gasteiger partial charge in [-0.3, -0.25) is 0 Å². The Morgan fingerprint density at radius 1 is 1.41 bits per heavy atom. The third-order valence-corrected chi connectivity index (χ3v) is 3.54. The number of nitrogens with zero attached hydrogens (tertiary/aromatic N) is 1. The van der Waals surface area contributed by atoms with Gasteiger partial charge in [-0.25, -0.2) is 4.79 Å². The van der Waals surface area contributed by atoms with Crippen LogP contribution in [-0.4, -0.2) is 15.6 Å². The van der Waals surface area contributed by atoms with Gasteiger partial charge in [0.2, 0.25) is 0 Å². The summed E-state index contributed by atoms with van der Waals surface area (Å²) >= 11 is 0. The van der Waals surface area contributed by atoms with E-state index in [-0.39, 0.29) is 0 Å². The van der Waals surface area contributed by atoms with Gasteiger partial charge in [0, 0.05) is 11.2 Å². The molecule has 1 aromatic carbocycles. The van der Waals surface area contributed by atoms with Crippen molar-refractivity contribution in [3.8, 4) is 0 Å². The van der Waals surface area contributed by atoms with Crippen molar-refractivity contribution in [3.63, 3.8) is 0 Å². The topological polar surface area (TPSA) is 42.2 Å². The van der Waals surface area contributed by atoms with E-state index in [1.54, 1.807) is 6.92 Å². The molecule has 1 aromatic heterocycles. The van der Waals surface area contributed by atoms with Crippen LogP contribution in [-0.2, 0) is 10.3 Å². The highest BCUT2D eigenvalue weighted by Crippen LogP contribution is 2.30. The molecule has 0 fully saturated rings. The number of carboxylic acid groups (broad SMARTS) is 1. The smallest absolute Gasteiger partial charge is 0.329 e. The molecule has 0 aliphatic heterocycles. The van der Waals surface area contributed by atoms with Gasteiger partial charge < -0.3 is 9.67 Å². The summed E-state index contributed by atoms with van der Waals surface area (Å²) in [5.41, 5.74) is 1.09. The second-order valence-corrected chi connectivity index (χ2v) is 4.61. The van der Waals surface area contributed by atoms with Crippen molar-refractivity contribution in [1.82, 2.24) is 4.57 Å². The lowest BCUT2D eigenvalue weighted by Gasteiger charge is -2.28. The third-order valence-electron chi connectivity index (χ3n) is 3.54. The second-order valence-electron chi connectivity index (χ2n) is 4.61. The van der Waals surface area contributed by atoms with Crippen molar-refractivity contribution >= 4 is 16.9 Å². The van der Waals surface area contributed by atoms with Crippen molar-refractivity contribution < 1.29 is 9.90 Å². The number of aromatic nitrogens is 1. The van der Waals surface area contributed by atoms with Crippen LogP contribution < -0.4 is 0 Å². The van der Waals surface area contributed by atoms with E-state index in [1.807, 2.05) is 48.7 Å². The molecule has 2 aromatic rings. The van der Waals surface area contributed by atoms with Gasteiger partial charge in [0.1, 0.15) is 5.54 Å². The Labute approximate surface area is 101 Å². The molecule has 0 aliphatic carbocycles. The molecule has 1 unspecified atom stereocenters. The Morgan fingerprint density at radius 2 is 2.06 bits per heavy atom. The number of fused-ring (bicyclic) bond motifs is 1. The minimum atomic E-state index is -0.882. The van der Waals surface area contributed by atoms with Crippen LogP contribution in [0.1, 0.15) is 26.0 Å². The molecule has 1 N–H and O–H groups in total. The van der Waals surface area contributed by atoms with Crippen molar-refractivity contribution in [1.29, 1.82) is 0 Å². The Morgan fingerprint density at radius 3 is 2.65 bits per heavy atom. The van der Waals surface area contributed by atoms with Gasteiger partial charge in [-0.15, -0.1) is 0 Å². The van der Waals surface area contributed by atoms with E-state index < -0.39 is 11.5 Å². The first kappa shape index (κ1) is 11.7. The Kier molecular flexibility index (Phi) is 2.69. The van der Waals surface area contributed by atoms with E-state index in [0.717, 1.165) is 16.6 Å². The first-order valence-corrected chi connectivity index (χ1v) is 5.81. The average molecular weight is 231 g/mol. The van der Waals surface area contributed by atoms with Crippen LogP contribution in [0.2, 0.25) is 0 Å². The molecule has 1 heterocycles. The number of rotatable bonds is 3. The fourth-order valence-electron chi connectivity index (χ4n) is 2.35. The maximum absolute atomic E-state index is 11.5. The van der Waals surface area contributed by atoms with Gasteiger partial charge in [0.25, 0.3) is 0 Å². The number of carbonyl (C=O) groups is 1. The van der Waals surface area contributed by atoms with Crippen molar-refractivity contribution in [2.45, 2.75) is 32.7 Å². The summed E-state index contributed by atoms with van der Waals surface area (Å²) in [6.07, 6.45) is 0.557.